The minimum Gasteiger partial charge on any atom is -0.505 e. The van der Waals surface area contributed by atoms with Gasteiger partial charge in [0.05, 0.1) is 18.5 Å². The summed E-state index contributed by atoms with van der Waals surface area (Å²) in [6.07, 6.45) is 0. The second-order valence-corrected chi connectivity index (χ2v) is 10.1. The molecule has 0 aliphatic heterocycles. The largest absolute Gasteiger partial charge is 0.505 e. The minimum absolute atomic E-state index is 0.264. The normalized spacial score (nSPS) is 11.2. The molecule has 228 valence electrons. The molecule has 3 N–H and O–H groups in total. The van der Waals surface area contributed by atoms with Gasteiger partial charge in [-0.05, 0) is 74.5 Å². The van der Waals surface area contributed by atoms with Crippen LogP contribution in [-0.2, 0) is 4.79 Å². The Morgan fingerprint density at radius 2 is 1.30 bits per heavy atom. The third-order valence-corrected chi connectivity index (χ3v) is 7.14. The molecule has 0 spiro atoms. The fraction of sp³-hybridized carbons (Fsp3) is 0.200. The Bertz CT molecular complexity index is 1580. The van der Waals surface area contributed by atoms with E-state index in [1.807, 2.05) is 43.3 Å². The van der Waals surface area contributed by atoms with E-state index in [9.17, 15) is 14.7 Å². The highest BCUT2D eigenvalue weighted by Gasteiger charge is 2.31. The number of anilines is 5. The van der Waals surface area contributed by atoms with Crippen molar-refractivity contribution in [2.45, 2.75) is 13.8 Å². The van der Waals surface area contributed by atoms with Gasteiger partial charge in [0.2, 0.25) is 0 Å². The molecule has 0 aliphatic rings. The number of nitrogens with one attached hydrogen (secondary N) is 2. The van der Waals surface area contributed by atoms with Crippen LogP contribution in [0.5, 0.6) is 5.75 Å². The van der Waals surface area contributed by atoms with E-state index in [4.69, 9.17) is 4.74 Å². The van der Waals surface area contributed by atoms with Crippen LogP contribution in [0.2, 0.25) is 0 Å². The highest BCUT2D eigenvalue weighted by molar-refractivity contribution is 6.18. The van der Waals surface area contributed by atoms with Gasteiger partial charge in [-0.2, -0.15) is 0 Å². The second kappa shape index (κ2) is 14.6. The van der Waals surface area contributed by atoms with Crippen molar-refractivity contribution >= 4 is 46.1 Å². The van der Waals surface area contributed by atoms with E-state index in [-0.39, 0.29) is 11.5 Å². The number of rotatable bonds is 11. The smallest absolute Gasteiger partial charge is 0.331 e. The van der Waals surface area contributed by atoms with Crippen LogP contribution >= 0.6 is 0 Å². The van der Waals surface area contributed by atoms with Crippen molar-refractivity contribution in [3.05, 3.63) is 114 Å². The molecule has 0 saturated carbocycles. The van der Waals surface area contributed by atoms with Crippen LogP contribution in [0.15, 0.2) is 109 Å². The molecule has 0 heterocycles. The molecule has 3 amide bonds. The summed E-state index contributed by atoms with van der Waals surface area (Å²) in [5, 5.41) is 17.4. The van der Waals surface area contributed by atoms with Gasteiger partial charge in [-0.3, -0.25) is 9.69 Å². The summed E-state index contributed by atoms with van der Waals surface area (Å²) in [7, 11) is 5.36. The molecule has 0 atom stereocenters. The second-order valence-electron chi connectivity index (χ2n) is 10.1. The van der Waals surface area contributed by atoms with Crippen LogP contribution in [-0.4, -0.2) is 51.3 Å². The monoisotopic (exact) mass is 593 g/mol. The summed E-state index contributed by atoms with van der Waals surface area (Å²) in [6.45, 7) is 5.76. The van der Waals surface area contributed by atoms with Gasteiger partial charge >= 0.3 is 6.03 Å². The number of urea groups is 1. The number of carbonyl (C=O) groups excluding carboxylic acids is 2. The number of benzene rings is 4. The molecular weight excluding hydrogens is 554 g/mol. The topological polar surface area (TPSA) is 97.4 Å². The van der Waals surface area contributed by atoms with E-state index in [1.165, 1.54) is 12.0 Å². The Labute approximate surface area is 259 Å². The zero-order valence-electron chi connectivity index (χ0n) is 25.7. The quantitative estimate of drug-likeness (QED) is 0.126. The van der Waals surface area contributed by atoms with Gasteiger partial charge in [0.15, 0.2) is 11.5 Å². The third kappa shape index (κ3) is 7.30. The Hall–Kier alpha value is -5.44. The first-order valence-corrected chi connectivity index (χ1v) is 14.4. The molecule has 44 heavy (non-hydrogen) atoms. The lowest BCUT2D eigenvalue weighted by Gasteiger charge is -2.28. The highest BCUT2D eigenvalue weighted by Crippen LogP contribution is 2.31. The Kier molecular flexibility index (Phi) is 10.5. The first-order valence-electron chi connectivity index (χ1n) is 14.4. The van der Waals surface area contributed by atoms with Crippen LogP contribution in [0.25, 0.3) is 5.76 Å². The number of methoxy groups -OCH3 is 1. The molecular formula is C35H39N5O4. The van der Waals surface area contributed by atoms with Crippen molar-refractivity contribution in [2.24, 2.45) is 0 Å². The van der Waals surface area contributed by atoms with Crippen LogP contribution in [0.1, 0.15) is 19.4 Å². The van der Waals surface area contributed by atoms with E-state index in [2.05, 4.69) is 29.4 Å². The number of aliphatic hydroxyl groups is 1. The Balaban J connectivity index is 1.86. The molecule has 4 rings (SSSR count). The van der Waals surface area contributed by atoms with Crippen LogP contribution in [0, 0.1) is 0 Å². The maximum absolute atomic E-state index is 14.2. The van der Waals surface area contributed by atoms with Gasteiger partial charge in [-0.25, -0.2) is 4.79 Å². The Morgan fingerprint density at radius 1 is 0.727 bits per heavy atom. The van der Waals surface area contributed by atoms with Crippen molar-refractivity contribution in [2.75, 3.05) is 59.6 Å². The lowest BCUT2D eigenvalue weighted by Crippen LogP contribution is -2.40. The van der Waals surface area contributed by atoms with Crippen molar-refractivity contribution < 1.29 is 19.4 Å². The minimum atomic E-state index is -0.707. The molecule has 0 saturated heterocycles. The van der Waals surface area contributed by atoms with Gasteiger partial charge in [0.25, 0.3) is 5.91 Å². The van der Waals surface area contributed by atoms with Gasteiger partial charge in [0.1, 0.15) is 5.75 Å². The van der Waals surface area contributed by atoms with Crippen LogP contribution < -0.4 is 30.1 Å². The number of para-hydroxylation sites is 2. The summed E-state index contributed by atoms with van der Waals surface area (Å²) in [5.74, 6) is -0.648. The number of aliphatic hydroxyl groups excluding tert-OH is 1. The predicted molar refractivity (Wildman–Crippen MR) is 180 cm³/mol. The number of nitrogens with zero attached hydrogens (tertiary/aromatic N) is 3. The number of hydrogen-bond acceptors (Lipinski definition) is 6. The molecule has 0 unspecified atom stereocenters. The number of ether oxygens (including phenoxy) is 1. The fourth-order valence-corrected chi connectivity index (χ4v) is 4.75. The summed E-state index contributed by atoms with van der Waals surface area (Å²) < 4.78 is 5.43. The number of carbonyl (C=O) groups is 2. The van der Waals surface area contributed by atoms with Crippen molar-refractivity contribution in [3.8, 4) is 5.75 Å². The fourth-order valence-electron chi connectivity index (χ4n) is 4.75. The third-order valence-electron chi connectivity index (χ3n) is 7.14. The molecule has 9 heteroatoms. The standard InChI is InChI=1S/C35H39N5O4/c1-6-39(7-2)28-21-23-29(24-22-28)40(35(43)36-26-17-19-27(20-18-26)38(3)4)32(33(41)25-13-9-8-10-14-25)34(42)37-30-15-11-12-16-31(30)44-5/h8-24,41H,6-7H2,1-5H3,(H,36,43)(H,37,42)/b33-32+. The summed E-state index contributed by atoms with van der Waals surface area (Å²) in [5.41, 5.74) is 3.32. The van der Waals surface area contributed by atoms with E-state index in [0.717, 1.165) is 24.5 Å². The Morgan fingerprint density at radius 3 is 1.89 bits per heavy atom. The summed E-state index contributed by atoms with van der Waals surface area (Å²) in [6, 6.07) is 29.6. The average molecular weight is 594 g/mol. The van der Waals surface area contributed by atoms with Gasteiger partial charge in [0, 0.05) is 49.8 Å². The number of amides is 3. The predicted octanol–water partition coefficient (Wildman–Crippen LogP) is 7.21. The highest BCUT2D eigenvalue weighted by atomic mass is 16.5. The van der Waals surface area contributed by atoms with Gasteiger partial charge in [-0.1, -0.05) is 42.5 Å². The van der Waals surface area contributed by atoms with Crippen molar-refractivity contribution in [3.63, 3.8) is 0 Å². The average Bonchev–Trinajstić information content (AvgIpc) is 3.05. The zero-order valence-corrected chi connectivity index (χ0v) is 25.7. The maximum Gasteiger partial charge on any atom is 0.331 e. The van der Waals surface area contributed by atoms with Crippen LogP contribution in [0.4, 0.5) is 33.2 Å². The first-order chi connectivity index (χ1) is 21.3. The molecule has 9 nitrogen and oxygen atoms in total. The summed E-state index contributed by atoms with van der Waals surface area (Å²) >= 11 is 0. The van der Waals surface area contributed by atoms with Crippen LogP contribution in [0.3, 0.4) is 0 Å². The van der Waals surface area contributed by atoms with E-state index in [1.54, 1.807) is 78.9 Å². The molecule has 4 aromatic rings. The first kappa shape index (κ1) is 31.5. The molecule has 0 bridgehead atoms. The van der Waals surface area contributed by atoms with Gasteiger partial charge in [-0.15, -0.1) is 0 Å². The van der Waals surface area contributed by atoms with E-state index < -0.39 is 11.9 Å². The lowest BCUT2D eigenvalue weighted by atomic mass is 10.1. The lowest BCUT2D eigenvalue weighted by molar-refractivity contribution is -0.112. The summed E-state index contributed by atoms with van der Waals surface area (Å²) in [4.78, 5) is 33.6. The molecule has 0 aliphatic carbocycles. The molecule has 0 fully saturated rings. The number of hydrogen-bond donors (Lipinski definition) is 3. The van der Waals surface area contributed by atoms with Gasteiger partial charge < -0.3 is 30.3 Å². The molecule has 0 radical (unpaired) electrons. The molecule has 0 aromatic heterocycles. The van der Waals surface area contributed by atoms with Crippen molar-refractivity contribution in [1.82, 2.24) is 0 Å². The van der Waals surface area contributed by atoms with E-state index in [0.29, 0.717) is 28.4 Å². The molecule has 4 aromatic carbocycles. The SMILES string of the molecule is CCN(CC)c1ccc(N(C(=O)Nc2ccc(N(C)C)cc2)/C(C(=O)Nc2ccccc2OC)=C(/O)c2ccccc2)cc1. The van der Waals surface area contributed by atoms with E-state index >= 15 is 0 Å². The maximum atomic E-state index is 14.2. The van der Waals surface area contributed by atoms with Crippen molar-refractivity contribution in [1.29, 1.82) is 0 Å². The zero-order chi connectivity index (χ0) is 31.6.